The molecule has 0 radical (unpaired) electrons. The zero-order valence-electron chi connectivity index (χ0n) is 14.8. The summed E-state index contributed by atoms with van der Waals surface area (Å²) in [6.45, 7) is 2.08. The van der Waals surface area contributed by atoms with Crippen molar-refractivity contribution in [2.24, 2.45) is 0 Å². The number of aliphatic hydroxyl groups is 1. The second-order valence-corrected chi connectivity index (χ2v) is 7.67. The van der Waals surface area contributed by atoms with Crippen LogP contribution in [0.4, 0.5) is 11.4 Å². The van der Waals surface area contributed by atoms with Crippen molar-refractivity contribution in [2.45, 2.75) is 29.4 Å². The van der Waals surface area contributed by atoms with Crippen LogP contribution in [0.15, 0.2) is 70.5 Å². The molecule has 3 rings (SSSR count). The number of phenols is 1. The van der Waals surface area contributed by atoms with E-state index in [4.69, 9.17) is 17.3 Å². The number of benzene rings is 3. The van der Waals surface area contributed by atoms with Crippen molar-refractivity contribution in [1.29, 1.82) is 0 Å². The summed E-state index contributed by atoms with van der Waals surface area (Å²) in [6.07, 6.45) is -0.808. The van der Waals surface area contributed by atoms with Gasteiger partial charge in [0, 0.05) is 27.6 Å². The fourth-order valence-electron chi connectivity index (χ4n) is 2.72. The lowest BCUT2D eigenvalue weighted by molar-refractivity contribution is 0.195. The van der Waals surface area contributed by atoms with Crippen LogP contribution in [-0.4, -0.2) is 10.2 Å². The van der Waals surface area contributed by atoms with Gasteiger partial charge in [-0.2, -0.15) is 0 Å². The molecular weight excluding hydrogens is 380 g/mol. The Kier molecular flexibility index (Phi) is 6.16. The molecule has 0 spiro atoms. The first-order valence-corrected chi connectivity index (χ1v) is 9.69. The lowest BCUT2D eigenvalue weighted by atomic mass is 10.1. The van der Waals surface area contributed by atoms with Gasteiger partial charge in [0.15, 0.2) is 0 Å². The zero-order chi connectivity index (χ0) is 19.4. The zero-order valence-corrected chi connectivity index (χ0v) is 16.4. The van der Waals surface area contributed by atoms with Crippen molar-refractivity contribution in [3.05, 3.63) is 76.8 Å². The summed E-state index contributed by atoms with van der Waals surface area (Å²) < 4.78 is 0. The molecule has 0 fully saturated rings. The van der Waals surface area contributed by atoms with Gasteiger partial charge in [-0.15, -0.1) is 0 Å². The van der Waals surface area contributed by atoms with Crippen molar-refractivity contribution in [3.8, 4) is 5.75 Å². The molecule has 4 nitrogen and oxygen atoms in total. The van der Waals surface area contributed by atoms with E-state index in [9.17, 15) is 10.2 Å². The van der Waals surface area contributed by atoms with Crippen molar-refractivity contribution in [3.63, 3.8) is 0 Å². The number of nitrogens with one attached hydrogen (secondary N) is 1. The Bertz CT molecular complexity index is 947. The summed E-state index contributed by atoms with van der Waals surface area (Å²) in [5.41, 5.74) is 8.33. The smallest absolute Gasteiger partial charge is 0.144 e. The molecule has 0 aliphatic rings. The molecule has 0 amide bonds. The van der Waals surface area contributed by atoms with Crippen LogP contribution in [0.5, 0.6) is 5.75 Å². The second-order valence-electron chi connectivity index (χ2n) is 6.18. The third kappa shape index (κ3) is 4.69. The number of nitrogen functional groups attached to an aromatic ring is 1. The number of hydrogen-bond acceptors (Lipinski definition) is 5. The number of nitrogens with two attached hydrogens (primary N) is 1. The summed E-state index contributed by atoms with van der Waals surface area (Å²) in [7, 11) is 0. The van der Waals surface area contributed by atoms with Gasteiger partial charge < -0.3 is 21.3 Å². The highest BCUT2D eigenvalue weighted by Gasteiger charge is 2.14. The van der Waals surface area contributed by atoms with E-state index in [0.29, 0.717) is 28.5 Å². The minimum absolute atomic E-state index is 0.00966. The number of halogens is 1. The van der Waals surface area contributed by atoms with Crippen LogP contribution in [-0.2, 0) is 6.54 Å². The predicted molar refractivity (Wildman–Crippen MR) is 112 cm³/mol. The molecule has 0 heterocycles. The number of phenolic OH excluding ortho intramolecular Hbond substituents is 1. The molecule has 0 bridgehead atoms. The van der Waals surface area contributed by atoms with Gasteiger partial charge in [-0.3, -0.25) is 0 Å². The Morgan fingerprint density at radius 1 is 1.07 bits per heavy atom. The van der Waals surface area contributed by atoms with Gasteiger partial charge in [-0.05, 0) is 42.8 Å². The molecule has 1 unspecified atom stereocenters. The van der Waals surface area contributed by atoms with E-state index in [1.807, 2.05) is 48.5 Å². The number of anilines is 2. The van der Waals surface area contributed by atoms with Crippen molar-refractivity contribution in [2.75, 3.05) is 11.1 Å². The van der Waals surface area contributed by atoms with Crippen LogP contribution in [0, 0.1) is 0 Å². The lowest BCUT2D eigenvalue weighted by Crippen LogP contribution is -2.04. The van der Waals surface area contributed by atoms with Gasteiger partial charge in [-0.1, -0.05) is 53.7 Å². The molecule has 0 aromatic heterocycles. The first-order valence-electron chi connectivity index (χ1n) is 8.50. The number of aliphatic hydroxyl groups excluding tert-OH is 1. The molecule has 0 saturated carbocycles. The predicted octanol–water partition coefficient (Wildman–Crippen LogP) is 5.44. The maximum absolute atomic E-state index is 10.4. The highest BCUT2D eigenvalue weighted by atomic mass is 35.5. The van der Waals surface area contributed by atoms with Crippen molar-refractivity contribution >= 4 is 34.7 Å². The van der Waals surface area contributed by atoms with Gasteiger partial charge in [0.2, 0.25) is 0 Å². The largest absolute Gasteiger partial charge is 0.505 e. The standard InChI is InChI=1S/C21H21ClN2O2S/c1-13(25)16-10-15(23)11-18(21(16)26)24-12-14-6-2-4-8-19(14)27-20-9-5-3-7-17(20)22/h2-11,13,24-26H,12,23H2,1H3. The van der Waals surface area contributed by atoms with Crippen LogP contribution in [0.25, 0.3) is 0 Å². The molecule has 6 heteroatoms. The van der Waals surface area contributed by atoms with E-state index < -0.39 is 6.10 Å². The fraction of sp³-hybridized carbons (Fsp3) is 0.143. The Morgan fingerprint density at radius 2 is 1.74 bits per heavy atom. The number of rotatable bonds is 6. The quantitative estimate of drug-likeness (QED) is 0.251. The summed E-state index contributed by atoms with van der Waals surface area (Å²) in [5.74, 6) is 0.00966. The first-order chi connectivity index (χ1) is 13.0. The van der Waals surface area contributed by atoms with Crippen LogP contribution in [0.2, 0.25) is 5.02 Å². The van der Waals surface area contributed by atoms with Gasteiger partial charge in [0.25, 0.3) is 0 Å². The molecule has 5 N–H and O–H groups in total. The van der Waals surface area contributed by atoms with Gasteiger partial charge in [0.1, 0.15) is 5.75 Å². The molecule has 27 heavy (non-hydrogen) atoms. The van der Waals surface area contributed by atoms with E-state index >= 15 is 0 Å². The number of aromatic hydroxyl groups is 1. The van der Waals surface area contributed by atoms with Crippen molar-refractivity contribution in [1.82, 2.24) is 0 Å². The van der Waals surface area contributed by atoms with E-state index in [1.165, 1.54) is 0 Å². The van der Waals surface area contributed by atoms with E-state index in [0.717, 1.165) is 15.4 Å². The fourth-order valence-corrected chi connectivity index (χ4v) is 3.94. The third-order valence-electron chi connectivity index (χ3n) is 4.11. The molecule has 0 aliphatic carbocycles. The Balaban J connectivity index is 1.83. The molecule has 0 aliphatic heterocycles. The average Bonchev–Trinajstić information content (AvgIpc) is 2.65. The average molecular weight is 401 g/mol. The molecule has 1 atom stereocenters. The van der Waals surface area contributed by atoms with Crippen LogP contribution < -0.4 is 11.1 Å². The molecule has 3 aromatic carbocycles. The maximum atomic E-state index is 10.4. The molecular formula is C21H21ClN2O2S. The Hall–Kier alpha value is -2.34. The van der Waals surface area contributed by atoms with Gasteiger partial charge in [-0.25, -0.2) is 0 Å². The highest BCUT2D eigenvalue weighted by Crippen LogP contribution is 2.37. The van der Waals surface area contributed by atoms with E-state index in [-0.39, 0.29) is 5.75 Å². The summed E-state index contributed by atoms with van der Waals surface area (Å²) in [5, 5.41) is 24.1. The molecule has 0 saturated heterocycles. The number of hydrogen-bond donors (Lipinski definition) is 4. The van der Waals surface area contributed by atoms with Gasteiger partial charge >= 0.3 is 0 Å². The van der Waals surface area contributed by atoms with Crippen LogP contribution in [0.1, 0.15) is 24.2 Å². The lowest BCUT2D eigenvalue weighted by Gasteiger charge is -2.16. The normalized spacial score (nSPS) is 12.0. The third-order valence-corrected chi connectivity index (χ3v) is 5.75. The maximum Gasteiger partial charge on any atom is 0.144 e. The highest BCUT2D eigenvalue weighted by molar-refractivity contribution is 7.99. The topological polar surface area (TPSA) is 78.5 Å². The minimum Gasteiger partial charge on any atom is -0.505 e. The van der Waals surface area contributed by atoms with E-state index in [1.54, 1.807) is 30.8 Å². The molecule has 140 valence electrons. The van der Waals surface area contributed by atoms with Crippen molar-refractivity contribution < 1.29 is 10.2 Å². The van der Waals surface area contributed by atoms with Crippen LogP contribution in [0.3, 0.4) is 0 Å². The summed E-state index contributed by atoms with van der Waals surface area (Å²) in [6, 6.07) is 18.9. The first kappa shape index (κ1) is 19.4. The second kappa shape index (κ2) is 8.57. The minimum atomic E-state index is -0.808. The summed E-state index contributed by atoms with van der Waals surface area (Å²) in [4.78, 5) is 2.05. The van der Waals surface area contributed by atoms with Gasteiger partial charge in [0.05, 0.1) is 16.8 Å². The van der Waals surface area contributed by atoms with Crippen LogP contribution >= 0.6 is 23.4 Å². The molecule has 3 aromatic rings. The monoisotopic (exact) mass is 400 g/mol. The SMILES string of the molecule is CC(O)c1cc(N)cc(NCc2ccccc2Sc2ccccc2Cl)c1O. The summed E-state index contributed by atoms with van der Waals surface area (Å²) >= 11 is 7.87. The van der Waals surface area contributed by atoms with E-state index in [2.05, 4.69) is 5.32 Å². The Morgan fingerprint density at radius 3 is 2.44 bits per heavy atom. The Labute approximate surface area is 168 Å².